The van der Waals surface area contributed by atoms with Crippen LogP contribution in [0.2, 0.25) is 0 Å². The molecular weight excluding hydrogens is 413 g/mol. The first-order chi connectivity index (χ1) is 15.7. The fourth-order valence-electron chi connectivity index (χ4n) is 4.28. The molecule has 0 amide bonds. The van der Waals surface area contributed by atoms with Gasteiger partial charge in [0.1, 0.15) is 5.82 Å². The minimum Gasteiger partial charge on any atom is -0.353 e. The Labute approximate surface area is 190 Å². The van der Waals surface area contributed by atoms with Gasteiger partial charge in [-0.05, 0) is 36.3 Å². The third kappa shape index (κ3) is 4.31. The first-order valence-electron chi connectivity index (χ1n) is 11.1. The lowest BCUT2D eigenvalue weighted by Gasteiger charge is -2.36. The zero-order chi connectivity index (χ0) is 21.9. The van der Waals surface area contributed by atoms with Crippen LogP contribution < -0.4 is 15.1 Å². The van der Waals surface area contributed by atoms with Gasteiger partial charge in [0.25, 0.3) is 0 Å². The molecule has 5 nitrogen and oxygen atoms in total. The molecule has 3 heterocycles. The maximum absolute atomic E-state index is 4.72. The monoisotopic (exact) mass is 441 g/mol. The Balaban J connectivity index is 1.35. The van der Waals surface area contributed by atoms with Gasteiger partial charge < -0.3 is 9.80 Å². The van der Waals surface area contributed by atoms with Gasteiger partial charge in [-0.1, -0.05) is 62.5 Å². The van der Waals surface area contributed by atoms with E-state index in [1.165, 1.54) is 21.6 Å². The van der Waals surface area contributed by atoms with Crippen molar-refractivity contribution in [2.45, 2.75) is 6.42 Å². The number of anilines is 2. The Morgan fingerprint density at radius 1 is 0.750 bits per heavy atom. The number of aromatic nitrogens is 3. The van der Waals surface area contributed by atoms with Gasteiger partial charge in [-0.3, -0.25) is 0 Å². The predicted molar refractivity (Wildman–Crippen MR) is 136 cm³/mol. The highest BCUT2D eigenvalue weighted by atomic mass is 31.1. The Morgan fingerprint density at radius 2 is 1.44 bits per heavy atom. The highest BCUT2D eigenvalue weighted by molar-refractivity contribution is 7.64. The molecular formula is C26H28N5P. The molecule has 5 rings (SSSR count). The van der Waals surface area contributed by atoms with Crippen LogP contribution in [-0.2, 0) is 6.42 Å². The number of hydrogen-bond acceptors (Lipinski definition) is 5. The maximum atomic E-state index is 4.72. The van der Waals surface area contributed by atoms with Crippen molar-refractivity contribution < 1.29 is 0 Å². The van der Waals surface area contributed by atoms with E-state index in [-0.39, 0.29) is 7.92 Å². The van der Waals surface area contributed by atoms with E-state index in [4.69, 9.17) is 10.1 Å². The number of fused-ring (bicyclic) bond motifs is 1. The summed E-state index contributed by atoms with van der Waals surface area (Å²) in [5, 5.41) is 13.1. The molecule has 2 aromatic heterocycles. The van der Waals surface area contributed by atoms with Crippen molar-refractivity contribution in [3.8, 4) is 0 Å². The van der Waals surface area contributed by atoms with E-state index in [9.17, 15) is 0 Å². The number of hydrogen-bond donors (Lipinski definition) is 0. The summed E-state index contributed by atoms with van der Waals surface area (Å²) >= 11 is 0. The normalized spacial score (nSPS) is 14.3. The molecule has 2 aromatic carbocycles. The quantitative estimate of drug-likeness (QED) is 0.432. The summed E-state index contributed by atoms with van der Waals surface area (Å²) in [6, 6.07) is 23.4. The molecule has 4 aromatic rings. The molecule has 0 unspecified atom stereocenters. The zero-order valence-corrected chi connectivity index (χ0v) is 19.5. The SMILES string of the molecule is CP(C)c1ccc(N2CCN(c3nnc(Cc4ccccc4)c4ccccc34)CC2)nc1. The Morgan fingerprint density at radius 3 is 2.12 bits per heavy atom. The van der Waals surface area contributed by atoms with Crippen LogP contribution in [0.3, 0.4) is 0 Å². The van der Waals surface area contributed by atoms with E-state index in [1.54, 1.807) is 0 Å². The smallest absolute Gasteiger partial charge is 0.159 e. The number of rotatable bonds is 5. The average molecular weight is 442 g/mol. The Bertz CT molecular complexity index is 1190. The van der Waals surface area contributed by atoms with Gasteiger partial charge in [0, 0.05) is 49.6 Å². The van der Waals surface area contributed by atoms with E-state index >= 15 is 0 Å². The minimum absolute atomic E-state index is 0.104. The molecule has 0 bridgehead atoms. The van der Waals surface area contributed by atoms with Crippen molar-refractivity contribution in [3.05, 3.63) is 84.2 Å². The Hall–Kier alpha value is -3.04. The van der Waals surface area contributed by atoms with Gasteiger partial charge in [-0.15, -0.1) is 5.10 Å². The van der Waals surface area contributed by atoms with E-state index < -0.39 is 0 Å². The largest absolute Gasteiger partial charge is 0.353 e. The third-order valence-corrected chi connectivity index (χ3v) is 7.41. The van der Waals surface area contributed by atoms with Crippen LogP contribution in [-0.4, -0.2) is 54.7 Å². The van der Waals surface area contributed by atoms with E-state index in [0.717, 1.165) is 49.9 Å². The molecule has 1 aliphatic heterocycles. The first-order valence-corrected chi connectivity index (χ1v) is 13.3. The second-order valence-electron chi connectivity index (χ2n) is 8.42. The van der Waals surface area contributed by atoms with Crippen molar-refractivity contribution in [2.24, 2.45) is 0 Å². The third-order valence-electron chi connectivity index (χ3n) is 6.11. The van der Waals surface area contributed by atoms with E-state index in [2.05, 4.69) is 88.9 Å². The summed E-state index contributed by atoms with van der Waals surface area (Å²) in [6.45, 7) is 8.22. The molecule has 0 saturated carbocycles. The molecule has 1 aliphatic rings. The summed E-state index contributed by atoms with van der Waals surface area (Å²) in [5.74, 6) is 2.06. The molecule has 0 aliphatic carbocycles. The van der Waals surface area contributed by atoms with Crippen molar-refractivity contribution in [1.82, 2.24) is 15.2 Å². The van der Waals surface area contributed by atoms with Crippen molar-refractivity contribution in [1.29, 1.82) is 0 Å². The number of benzene rings is 2. The lowest BCUT2D eigenvalue weighted by atomic mass is 10.0. The molecule has 1 saturated heterocycles. The fourth-order valence-corrected chi connectivity index (χ4v) is 4.94. The highest BCUT2D eigenvalue weighted by Gasteiger charge is 2.22. The van der Waals surface area contributed by atoms with Crippen molar-refractivity contribution >= 4 is 35.6 Å². The summed E-state index contributed by atoms with van der Waals surface area (Å²) in [6.07, 6.45) is 2.83. The van der Waals surface area contributed by atoms with E-state index in [0.29, 0.717) is 0 Å². The van der Waals surface area contributed by atoms with Gasteiger partial charge in [0.2, 0.25) is 0 Å². The summed E-state index contributed by atoms with van der Waals surface area (Å²) in [5.41, 5.74) is 2.29. The number of piperazine rings is 1. The van der Waals surface area contributed by atoms with Crippen LogP contribution in [0.25, 0.3) is 10.8 Å². The van der Waals surface area contributed by atoms with Crippen LogP contribution in [0.1, 0.15) is 11.3 Å². The molecule has 1 fully saturated rings. The van der Waals surface area contributed by atoms with Gasteiger partial charge in [-0.25, -0.2) is 4.98 Å². The lowest BCUT2D eigenvalue weighted by molar-refractivity contribution is 0.640. The number of pyridine rings is 1. The second kappa shape index (κ2) is 9.22. The molecule has 0 radical (unpaired) electrons. The Kier molecular flexibility index (Phi) is 6.00. The topological polar surface area (TPSA) is 45.2 Å². The molecule has 32 heavy (non-hydrogen) atoms. The van der Waals surface area contributed by atoms with Gasteiger partial charge in [0.15, 0.2) is 5.82 Å². The van der Waals surface area contributed by atoms with Crippen LogP contribution in [0.5, 0.6) is 0 Å². The highest BCUT2D eigenvalue weighted by Crippen LogP contribution is 2.29. The maximum Gasteiger partial charge on any atom is 0.159 e. The molecule has 0 atom stereocenters. The zero-order valence-electron chi connectivity index (χ0n) is 18.6. The minimum atomic E-state index is -0.104. The molecule has 0 spiro atoms. The van der Waals surface area contributed by atoms with Gasteiger partial charge in [0.05, 0.1) is 5.69 Å². The lowest BCUT2D eigenvalue weighted by Crippen LogP contribution is -2.47. The summed E-state index contributed by atoms with van der Waals surface area (Å²) < 4.78 is 0. The van der Waals surface area contributed by atoms with Crippen LogP contribution in [0.15, 0.2) is 72.9 Å². The fraction of sp³-hybridized carbons (Fsp3) is 0.269. The average Bonchev–Trinajstić information content (AvgIpc) is 2.85. The van der Waals surface area contributed by atoms with Crippen LogP contribution in [0.4, 0.5) is 11.6 Å². The van der Waals surface area contributed by atoms with Gasteiger partial charge in [-0.2, -0.15) is 5.10 Å². The van der Waals surface area contributed by atoms with Crippen LogP contribution >= 0.6 is 7.92 Å². The van der Waals surface area contributed by atoms with Gasteiger partial charge >= 0.3 is 0 Å². The van der Waals surface area contributed by atoms with Crippen molar-refractivity contribution in [3.63, 3.8) is 0 Å². The number of nitrogens with zero attached hydrogens (tertiary/aromatic N) is 5. The summed E-state index contributed by atoms with van der Waals surface area (Å²) in [4.78, 5) is 9.45. The predicted octanol–water partition coefficient (Wildman–Crippen LogP) is 4.31. The molecule has 6 heteroatoms. The van der Waals surface area contributed by atoms with Crippen molar-refractivity contribution in [2.75, 3.05) is 49.3 Å². The first kappa shape index (κ1) is 20.8. The molecule has 162 valence electrons. The summed E-state index contributed by atoms with van der Waals surface area (Å²) in [7, 11) is -0.104. The van der Waals surface area contributed by atoms with Crippen LogP contribution in [0, 0.1) is 0 Å². The standard InChI is InChI=1S/C26H28N5P/c1-32(2)21-12-13-25(27-19-21)30-14-16-31(17-15-30)26-23-11-7-6-10-22(23)24(28-29-26)18-20-8-4-3-5-9-20/h3-13,19H,14-18H2,1-2H3. The van der Waals surface area contributed by atoms with E-state index in [1.807, 2.05) is 12.3 Å². The molecule has 0 N–H and O–H groups in total. The second-order valence-corrected chi connectivity index (χ2v) is 10.7.